The molecule has 4 nitrogen and oxygen atoms in total. The average Bonchev–Trinajstić information content (AvgIpc) is 2.59. The van der Waals surface area contributed by atoms with Gasteiger partial charge in [0.15, 0.2) is 0 Å². The molecule has 1 atom stereocenters. The van der Waals surface area contributed by atoms with Crippen molar-refractivity contribution in [2.75, 3.05) is 26.5 Å². The van der Waals surface area contributed by atoms with Crippen LogP contribution in [-0.4, -0.2) is 32.0 Å². The van der Waals surface area contributed by atoms with Crippen molar-refractivity contribution in [2.24, 2.45) is 0 Å². The Hall–Kier alpha value is -2.49. The quantitative estimate of drug-likeness (QED) is 0.917. The van der Waals surface area contributed by atoms with E-state index in [1.165, 1.54) is 0 Å². The maximum absolute atomic E-state index is 12.7. The third kappa shape index (κ3) is 3.22. The van der Waals surface area contributed by atoms with Gasteiger partial charge in [-0.25, -0.2) is 0 Å². The van der Waals surface area contributed by atoms with E-state index in [1.807, 2.05) is 69.6 Å². The van der Waals surface area contributed by atoms with Gasteiger partial charge in [-0.1, -0.05) is 24.3 Å². The first-order valence-corrected chi connectivity index (χ1v) is 7.26. The number of methoxy groups -OCH3 is 1. The number of ether oxygens (including phenoxy) is 1. The maximum atomic E-state index is 12.7. The summed E-state index contributed by atoms with van der Waals surface area (Å²) in [5, 5.41) is 3.06. The number of anilines is 1. The van der Waals surface area contributed by atoms with Crippen LogP contribution in [0.3, 0.4) is 0 Å². The zero-order chi connectivity index (χ0) is 16.1. The Balaban J connectivity index is 2.21. The Kier molecular flexibility index (Phi) is 5.04. The monoisotopic (exact) mass is 298 g/mol. The molecule has 0 radical (unpaired) electrons. The summed E-state index contributed by atoms with van der Waals surface area (Å²) in [5.74, 6) is 0.804. The summed E-state index contributed by atoms with van der Waals surface area (Å²) >= 11 is 0. The highest BCUT2D eigenvalue weighted by Gasteiger charge is 2.20. The Morgan fingerprint density at radius 1 is 1.14 bits per heavy atom. The van der Waals surface area contributed by atoms with Gasteiger partial charge in [-0.3, -0.25) is 4.79 Å². The van der Waals surface area contributed by atoms with Crippen LogP contribution in [0.25, 0.3) is 0 Å². The molecule has 0 aliphatic heterocycles. The molecule has 0 aliphatic rings. The van der Waals surface area contributed by atoms with E-state index in [0.717, 1.165) is 17.0 Å². The molecule has 0 saturated carbocycles. The number of carbonyl (C=O) groups excluding carboxylic acids is 1. The van der Waals surface area contributed by atoms with Crippen LogP contribution in [0.2, 0.25) is 0 Å². The molecule has 0 saturated heterocycles. The van der Waals surface area contributed by atoms with E-state index in [1.54, 1.807) is 12.0 Å². The number of carbonyl (C=O) groups is 1. The molecule has 2 aromatic rings. The van der Waals surface area contributed by atoms with Gasteiger partial charge in [-0.05, 0) is 36.8 Å². The Bertz CT molecular complexity index is 638. The second kappa shape index (κ2) is 6.98. The van der Waals surface area contributed by atoms with Gasteiger partial charge in [0, 0.05) is 19.8 Å². The third-order valence-corrected chi connectivity index (χ3v) is 3.93. The first-order chi connectivity index (χ1) is 10.6. The lowest BCUT2D eigenvalue weighted by Crippen LogP contribution is -2.30. The molecule has 2 rings (SSSR count). The number of nitrogens with zero attached hydrogens (tertiary/aromatic N) is 1. The molecule has 0 heterocycles. The smallest absolute Gasteiger partial charge is 0.256 e. The lowest BCUT2D eigenvalue weighted by Gasteiger charge is -2.26. The van der Waals surface area contributed by atoms with Crippen LogP contribution < -0.4 is 10.1 Å². The van der Waals surface area contributed by atoms with Crippen molar-refractivity contribution in [3.8, 4) is 5.75 Å². The van der Waals surface area contributed by atoms with Crippen molar-refractivity contribution in [1.82, 2.24) is 4.90 Å². The molecular weight excluding hydrogens is 276 g/mol. The van der Waals surface area contributed by atoms with Crippen LogP contribution in [0.1, 0.15) is 28.9 Å². The molecule has 4 heteroatoms. The molecule has 116 valence electrons. The molecule has 22 heavy (non-hydrogen) atoms. The van der Waals surface area contributed by atoms with Crippen molar-refractivity contribution in [3.63, 3.8) is 0 Å². The van der Waals surface area contributed by atoms with Crippen molar-refractivity contribution in [1.29, 1.82) is 0 Å². The van der Waals surface area contributed by atoms with Crippen LogP contribution in [-0.2, 0) is 0 Å². The fraction of sp³-hybridized carbons (Fsp3) is 0.278. The summed E-state index contributed by atoms with van der Waals surface area (Å²) in [5.41, 5.74) is 2.58. The number of rotatable bonds is 5. The summed E-state index contributed by atoms with van der Waals surface area (Å²) in [6.07, 6.45) is 0. The molecule has 0 unspecified atom stereocenters. The summed E-state index contributed by atoms with van der Waals surface area (Å²) in [4.78, 5) is 14.5. The highest BCUT2D eigenvalue weighted by molar-refractivity contribution is 5.99. The van der Waals surface area contributed by atoms with Gasteiger partial charge >= 0.3 is 0 Å². The minimum Gasteiger partial charge on any atom is -0.497 e. The van der Waals surface area contributed by atoms with Crippen molar-refractivity contribution < 1.29 is 9.53 Å². The number of nitrogens with one attached hydrogen (secondary N) is 1. The largest absolute Gasteiger partial charge is 0.497 e. The summed E-state index contributed by atoms with van der Waals surface area (Å²) in [6, 6.07) is 15.3. The number of amides is 1. The number of para-hydroxylation sites is 1. The maximum Gasteiger partial charge on any atom is 0.256 e. The molecule has 0 aliphatic carbocycles. The van der Waals surface area contributed by atoms with E-state index in [0.29, 0.717) is 5.56 Å². The van der Waals surface area contributed by atoms with Gasteiger partial charge in [-0.15, -0.1) is 0 Å². The minimum atomic E-state index is -0.0247. The second-order valence-corrected chi connectivity index (χ2v) is 5.16. The molecule has 0 spiro atoms. The zero-order valence-electron chi connectivity index (χ0n) is 13.5. The first-order valence-electron chi connectivity index (χ1n) is 7.26. The number of hydrogen-bond donors (Lipinski definition) is 1. The van der Waals surface area contributed by atoms with Crippen LogP contribution >= 0.6 is 0 Å². The standard InChI is InChI=1S/C18H22N2O2/c1-13(14-9-11-15(22-4)12-10-14)20(3)18(21)16-7-5-6-8-17(16)19-2/h5-13,19H,1-4H3/t13-/m0/s1. The fourth-order valence-corrected chi connectivity index (χ4v) is 2.36. The Morgan fingerprint density at radius 3 is 2.36 bits per heavy atom. The SMILES string of the molecule is CNc1ccccc1C(=O)N(C)[C@@H](C)c1ccc(OC)cc1. The molecule has 0 bridgehead atoms. The Morgan fingerprint density at radius 2 is 1.77 bits per heavy atom. The highest BCUT2D eigenvalue weighted by Crippen LogP contribution is 2.25. The van der Waals surface area contributed by atoms with Gasteiger partial charge < -0.3 is 15.0 Å². The van der Waals surface area contributed by atoms with E-state index < -0.39 is 0 Å². The van der Waals surface area contributed by atoms with Gasteiger partial charge in [0.05, 0.1) is 18.7 Å². The van der Waals surface area contributed by atoms with Gasteiger partial charge in [0.25, 0.3) is 5.91 Å². The van der Waals surface area contributed by atoms with E-state index >= 15 is 0 Å². The van der Waals surface area contributed by atoms with E-state index in [2.05, 4.69) is 5.32 Å². The molecule has 0 fully saturated rings. The lowest BCUT2D eigenvalue weighted by atomic mass is 10.1. The number of hydrogen-bond acceptors (Lipinski definition) is 3. The third-order valence-electron chi connectivity index (χ3n) is 3.93. The molecule has 1 amide bonds. The molecular formula is C18H22N2O2. The lowest BCUT2D eigenvalue weighted by molar-refractivity contribution is 0.0743. The molecule has 0 aromatic heterocycles. The normalized spacial score (nSPS) is 11.6. The second-order valence-electron chi connectivity index (χ2n) is 5.16. The van der Waals surface area contributed by atoms with Crippen molar-refractivity contribution in [2.45, 2.75) is 13.0 Å². The predicted molar refractivity (Wildman–Crippen MR) is 89.5 cm³/mol. The minimum absolute atomic E-state index is 0.00623. The van der Waals surface area contributed by atoms with Crippen LogP contribution in [0, 0.1) is 0 Å². The van der Waals surface area contributed by atoms with E-state index in [-0.39, 0.29) is 11.9 Å². The molecule has 1 N–H and O–H groups in total. The van der Waals surface area contributed by atoms with Crippen LogP contribution in [0.15, 0.2) is 48.5 Å². The van der Waals surface area contributed by atoms with E-state index in [4.69, 9.17) is 4.74 Å². The van der Waals surface area contributed by atoms with Crippen molar-refractivity contribution in [3.05, 3.63) is 59.7 Å². The average molecular weight is 298 g/mol. The van der Waals surface area contributed by atoms with Crippen molar-refractivity contribution >= 4 is 11.6 Å². The molecule has 2 aromatic carbocycles. The van der Waals surface area contributed by atoms with Crippen LogP contribution in [0.5, 0.6) is 5.75 Å². The Labute approximate surface area is 131 Å². The highest BCUT2D eigenvalue weighted by atomic mass is 16.5. The van der Waals surface area contributed by atoms with Gasteiger partial charge in [0.2, 0.25) is 0 Å². The summed E-state index contributed by atoms with van der Waals surface area (Å²) in [7, 11) is 5.28. The predicted octanol–water partition coefficient (Wildman–Crippen LogP) is 3.57. The number of benzene rings is 2. The first kappa shape index (κ1) is 15.9. The fourth-order valence-electron chi connectivity index (χ4n) is 2.36. The summed E-state index contributed by atoms with van der Waals surface area (Å²) in [6.45, 7) is 2.02. The van der Waals surface area contributed by atoms with Crippen LogP contribution in [0.4, 0.5) is 5.69 Å². The van der Waals surface area contributed by atoms with E-state index in [9.17, 15) is 4.79 Å². The summed E-state index contributed by atoms with van der Waals surface area (Å²) < 4.78 is 5.17. The van der Waals surface area contributed by atoms with Gasteiger partial charge in [-0.2, -0.15) is 0 Å². The van der Waals surface area contributed by atoms with Gasteiger partial charge in [0.1, 0.15) is 5.75 Å². The topological polar surface area (TPSA) is 41.6 Å². The zero-order valence-corrected chi connectivity index (χ0v) is 13.5.